The second kappa shape index (κ2) is 6.78. The Morgan fingerprint density at radius 3 is 3.00 bits per heavy atom. The molecule has 0 spiro atoms. The second-order valence-electron chi connectivity index (χ2n) is 4.51. The van der Waals surface area contributed by atoms with Gasteiger partial charge in [-0.1, -0.05) is 17.3 Å². The quantitative estimate of drug-likeness (QED) is 0.421. The van der Waals surface area contributed by atoms with Gasteiger partial charge >= 0.3 is 0 Å². The molecule has 2 aromatic heterocycles. The van der Waals surface area contributed by atoms with E-state index in [-0.39, 0.29) is 0 Å². The first-order chi connectivity index (χ1) is 10.3. The second-order valence-corrected chi connectivity index (χ2v) is 6.63. The van der Waals surface area contributed by atoms with E-state index in [1.54, 1.807) is 23.1 Å². The van der Waals surface area contributed by atoms with Crippen molar-refractivity contribution in [1.82, 2.24) is 10.1 Å². The van der Waals surface area contributed by atoms with Crippen LogP contribution < -0.4 is 5.73 Å². The summed E-state index contributed by atoms with van der Waals surface area (Å²) < 4.78 is 5.28. The highest BCUT2D eigenvalue weighted by molar-refractivity contribution is 7.99. The van der Waals surface area contributed by atoms with Gasteiger partial charge in [0.15, 0.2) is 0 Å². The molecule has 0 radical (unpaired) electrons. The first-order valence-corrected chi connectivity index (χ1v) is 8.52. The number of nitrogen functional groups attached to an aromatic ring is 1. The van der Waals surface area contributed by atoms with Gasteiger partial charge in [0, 0.05) is 17.0 Å². The van der Waals surface area contributed by atoms with Gasteiger partial charge in [0.2, 0.25) is 11.7 Å². The van der Waals surface area contributed by atoms with E-state index in [0.717, 1.165) is 29.2 Å². The number of aryl methyl sites for hydroxylation is 1. The monoisotopic (exact) mass is 317 g/mol. The summed E-state index contributed by atoms with van der Waals surface area (Å²) in [6.45, 7) is 0. The lowest BCUT2D eigenvalue weighted by molar-refractivity contribution is 0.378. The van der Waals surface area contributed by atoms with Crippen molar-refractivity contribution in [3.8, 4) is 10.7 Å². The normalized spacial score (nSPS) is 10.9. The molecule has 0 saturated heterocycles. The number of nitrogens with zero attached hydrogens (tertiary/aromatic N) is 2. The van der Waals surface area contributed by atoms with Gasteiger partial charge in [-0.15, -0.1) is 23.1 Å². The van der Waals surface area contributed by atoms with Crippen LogP contribution in [0.15, 0.2) is 51.2 Å². The summed E-state index contributed by atoms with van der Waals surface area (Å²) in [5.41, 5.74) is 6.56. The Morgan fingerprint density at radius 2 is 2.19 bits per heavy atom. The molecule has 0 bridgehead atoms. The van der Waals surface area contributed by atoms with Crippen molar-refractivity contribution >= 4 is 28.8 Å². The molecular formula is C15H15N3OS2. The van der Waals surface area contributed by atoms with Gasteiger partial charge in [0.1, 0.15) is 0 Å². The number of rotatable bonds is 6. The molecule has 0 saturated carbocycles. The van der Waals surface area contributed by atoms with Gasteiger partial charge in [-0.3, -0.25) is 0 Å². The summed E-state index contributed by atoms with van der Waals surface area (Å²) in [5, 5.41) is 6.02. The molecule has 21 heavy (non-hydrogen) atoms. The third kappa shape index (κ3) is 3.86. The van der Waals surface area contributed by atoms with E-state index in [4.69, 9.17) is 10.3 Å². The molecule has 0 aliphatic heterocycles. The Morgan fingerprint density at radius 1 is 1.24 bits per heavy atom. The molecule has 3 rings (SSSR count). The molecule has 2 N–H and O–H groups in total. The fourth-order valence-corrected chi connectivity index (χ4v) is 3.45. The minimum absolute atomic E-state index is 0.684. The van der Waals surface area contributed by atoms with Gasteiger partial charge in [-0.25, -0.2) is 0 Å². The average molecular weight is 317 g/mol. The van der Waals surface area contributed by atoms with Crippen LogP contribution in [-0.4, -0.2) is 15.9 Å². The highest BCUT2D eigenvalue weighted by Crippen LogP contribution is 2.23. The van der Waals surface area contributed by atoms with Crippen molar-refractivity contribution in [2.24, 2.45) is 0 Å². The number of thioether (sulfide) groups is 1. The smallest absolute Gasteiger partial charge is 0.227 e. The SMILES string of the molecule is Nc1cccc(SCCCc2nc(-c3cccs3)no2)c1. The van der Waals surface area contributed by atoms with Crippen LogP contribution >= 0.6 is 23.1 Å². The molecule has 0 aliphatic rings. The Balaban J connectivity index is 1.48. The molecule has 0 amide bonds. The third-order valence-electron chi connectivity index (χ3n) is 2.87. The summed E-state index contributed by atoms with van der Waals surface area (Å²) in [5.74, 6) is 2.38. The summed E-state index contributed by atoms with van der Waals surface area (Å²) in [6.07, 6.45) is 1.79. The van der Waals surface area contributed by atoms with Gasteiger partial charge in [0.05, 0.1) is 4.88 Å². The summed E-state index contributed by atoms with van der Waals surface area (Å²) in [4.78, 5) is 6.65. The van der Waals surface area contributed by atoms with Crippen LogP contribution in [-0.2, 0) is 6.42 Å². The van der Waals surface area contributed by atoms with E-state index in [9.17, 15) is 0 Å². The highest BCUT2D eigenvalue weighted by atomic mass is 32.2. The van der Waals surface area contributed by atoms with Crippen LogP contribution in [0.2, 0.25) is 0 Å². The lowest BCUT2D eigenvalue weighted by Crippen LogP contribution is -1.89. The number of benzene rings is 1. The first-order valence-electron chi connectivity index (χ1n) is 6.66. The van der Waals surface area contributed by atoms with E-state index >= 15 is 0 Å². The van der Waals surface area contributed by atoms with Crippen molar-refractivity contribution in [3.63, 3.8) is 0 Å². The van der Waals surface area contributed by atoms with Crippen molar-refractivity contribution in [2.45, 2.75) is 17.7 Å². The number of hydrogen-bond acceptors (Lipinski definition) is 6. The van der Waals surface area contributed by atoms with Gasteiger partial charge in [-0.05, 0) is 41.8 Å². The molecule has 0 fully saturated rings. The van der Waals surface area contributed by atoms with Gasteiger partial charge in [-0.2, -0.15) is 4.98 Å². The van der Waals surface area contributed by atoms with Crippen LogP contribution in [0.3, 0.4) is 0 Å². The maximum absolute atomic E-state index is 5.76. The summed E-state index contributed by atoms with van der Waals surface area (Å²) in [7, 11) is 0. The van der Waals surface area contributed by atoms with Crippen molar-refractivity contribution in [3.05, 3.63) is 47.7 Å². The minimum atomic E-state index is 0.684. The van der Waals surface area contributed by atoms with Crippen LogP contribution in [0.1, 0.15) is 12.3 Å². The number of anilines is 1. The molecule has 6 heteroatoms. The molecule has 0 aliphatic carbocycles. The lowest BCUT2D eigenvalue weighted by Gasteiger charge is -2.01. The molecule has 0 unspecified atom stereocenters. The molecule has 4 nitrogen and oxygen atoms in total. The predicted octanol–water partition coefficient (Wildman–Crippen LogP) is 4.11. The Labute approximate surface area is 131 Å². The van der Waals surface area contributed by atoms with Crippen LogP contribution in [0.5, 0.6) is 0 Å². The molecular weight excluding hydrogens is 302 g/mol. The van der Waals surface area contributed by atoms with Crippen molar-refractivity contribution in [1.29, 1.82) is 0 Å². The van der Waals surface area contributed by atoms with E-state index in [1.807, 2.05) is 35.7 Å². The maximum atomic E-state index is 5.76. The van der Waals surface area contributed by atoms with E-state index in [1.165, 1.54) is 4.90 Å². The Bertz CT molecular complexity index is 695. The van der Waals surface area contributed by atoms with Crippen molar-refractivity contribution < 1.29 is 4.52 Å². The van der Waals surface area contributed by atoms with E-state index in [2.05, 4.69) is 16.2 Å². The molecule has 2 heterocycles. The van der Waals surface area contributed by atoms with Crippen LogP contribution in [0.4, 0.5) is 5.69 Å². The molecule has 3 aromatic rings. The van der Waals surface area contributed by atoms with Crippen LogP contribution in [0, 0.1) is 0 Å². The first kappa shape index (κ1) is 14.2. The third-order valence-corrected chi connectivity index (χ3v) is 4.82. The Hall–Kier alpha value is -1.79. The zero-order valence-electron chi connectivity index (χ0n) is 11.4. The number of nitrogens with two attached hydrogens (primary N) is 1. The zero-order chi connectivity index (χ0) is 14.5. The maximum Gasteiger partial charge on any atom is 0.227 e. The lowest BCUT2D eigenvalue weighted by atomic mass is 10.3. The molecule has 1 aromatic carbocycles. The van der Waals surface area contributed by atoms with Crippen LogP contribution in [0.25, 0.3) is 10.7 Å². The average Bonchev–Trinajstić information content (AvgIpc) is 3.14. The number of thiophene rings is 1. The fourth-order valence-electron chi connectivity index (χ4n) is 1.88. The van der Waals surface area contributed by atoms with E-state index in [0.29, 0.717) is 11.7 Å². The predicted molar refractivity (Wildman–Crippen MR) is 87.5 cm³/mol. The zero-order valence-corrected chi connectivity index (χ0v) is 13.0. The largest absolute Gasteiger partial charge is 0.399 e. The minimum Gasteiger partial charge on any atom is -0.399 e. The molecule has 0 atom stereocenters. The topological polar surface area (TPSA) is 64.9 Å². The standard InChI is InChI=1S/C15H15N3OS2/c16-11-4-1-5-12(10-11)20-8-3-7-14-17-15(18-19-14)13-6-2-9-21-13/h1-2,4-6,9-10H,3,7-8,16H2. The van der Waals surface area contributed by atoms with E-state index < -0.39 is 0 Å². The van der Waals surface area contributed by atoms with Crippen molar-refractivity contribution in [2.75, 3.05) is 11.5 Å². The number of hydrogen-bond donors (Lipinski definition) is 1. The highest BCUT2D eigenvalue weighted by Gasteiger charge is 2.08. The fraction of sp³-hybridized carbons (Fsp3) is 0.200. The Kier molecular flexibility index (Phi) is 4.57. The summed E-state index contributed by atoms with van der Waals surface area (Å²) in [6, 6.07) is 11.9. The summed E-state index contributed by atoms with van der Waals surface area (Å²) >= 11 is 3.41. The van der Waals surface area contributed by atoms with Gasteiger partial charge < -0.3 is 10.3 Å². The van der Waals surface area contributed by atoms with Gasteiger partial charge in [0.25, 0.3) is 0 Å². The molecule has 108 valence electrons. The number of aromatic nitrogens is 2.